The number of ether oxygens (including phenoxy) is 1. The van der Waals surface area contributed by atoms with Gasteiger partial charge in [-0.2, -0.15) is 0 Å². The van der Waals surface area contributed by atoms with E-state index < -0.39 is 0 Å². The van der Waals surface area contributed by atoms with E-state index in [4.69, 9.17) is 4.74 Å². The molecule has 0 amide bonds. The zero-order chi connectivity index (χ0) is 9.97. The van der Waals surface area contributed by atoms with Crippen molar-refractivity contribution < 1.29 is 4.74 Å². The summed E-state index contributed by atoms with van der Waals surface area (Å²) in [4.78, 5) is 2.61. The first-order valence-corrected chi connectivity index (χ1v) is 5.87. The first-order chi connectivity index (χ1) is 6.81. The van der Waals surface area contributed by atoms with Crippen molar-refractivity contribution in [2.24, 2.45) is 5.92 Å². The van der Waals surface area contributed by atoms with Crippen molar-refractivity contribution in [2.75, 3.05) is 32.8 Å². The molecule has 0 aliphatic carbocycles. The van der Waals surface area contributed by atoms with Gasteiger partial charge in [0.2, 0.25) is 0 Å². The Labute approximate surface area is 86.8 Å². The van der Waals surface area contributed by atoms with Gasteiger partial charge < -0.3 is 10.1 Å². The zero-order valence-corrected chi connectivity index (χ0v) is 9.33. The summed E-state index contributed by atoms with van der Waals surface area (Å²) in [5.41, 5.74) is 0. The molecule has 2 fully saturated rings. The summed E-state index contributed by atoms with van der Waals surface area (Å²) in [5, 5.41) is 3.42. The maximum atomic E-state index is 5.74. The molecule has 0 spiro atoms. The maximum absolute atomic E-state index is 5.74. The average molecular weight is 198 g/mol. The largest absolute Gasteiger partial charge is 0.374 e. The van der Waals surface area contributed by atoms with Crippen molar-refractivity contribution in [3.63, 3.8) is 0 Å². The van der Waals surface area contributed by atoms with Crippen LogP contribution in [0.3, 0.4) is 0 Å². The lowest BCUT2D eigenvalue weighted by atomic mass is 10.1. The fraction of sp³-hybridized carbons (Fsp3) is 1.00. The Hall–Kier alpha value is -0.120. The van der Waals surface area contributed by atoms with Crippen LogP contribution in [0.25, 0.3) is 0 Å². The molecule has 0 aromatic rings. The molecule has 0 radical (unpaired) electrons. The Morgan fingerprint density at radius 1 is 1.50 bits per heavy atom. The van der Waals surface area contributed by atoms with Gasteiger partial charge in [0.05, 0.1) is 12.7 Å². The molecule has 2 rings (SSSR count). The highest BCUT2D eigenvalue weighted by Gasteiger charge is 2.35. The second-order valence-corrected chi connectivity index (χ2v) is 4.64. The van der Waals surface area contributed by atoms with Gasteiger partial charge in [-0.3, -0.25) is 4.90 Å². The lowest BCUT2D eigenvalue weighted by Crippen LogP contribution is -2.51. The van der Waals surface area contributed by atoms with E-state index in [1.165, 1.54) is 13.0 Å². The topological polar surface area (TPSA) is 24.5 Å². The van der Waals surface area contributed by atoms with Crippen molar-refractivity contribution in [3.05, 3.63) is 0 Å². The molecule has 3 unspecified atom stereocenters. The number of nitrogens with one attached hydrogen (secondary N) is 1. The van der Waals surface area contributed by atoms with Gasteiger partial charge >= 0.3 is 0 Å². The lowest BCUT2D eigenvalue weighted by molar-refractivity contribution is -0.0509. The first-order valence-electron chi connectivity index (χ1n) is 5.87. The molecule has 0 aromatic heterocycles. The van der Waals surface area contributed by atoms with Crippen molar-refractivity contribution in [3.8, 4) is 0 Å². The standard InChI is InChI=1S/C11H22N2O/c1-3-9(2)8-13-4-5-14-11-7-12-6-10(11)13/h9-12H,3-8H2,1-2H3. The van der Waals surface area contributed by atoms with Crippen LogP contribution in [0.4, 0.5) is 0 Å². The Morgan fingerprint density at radius 2 is 2.36 bits per heavy atom. The van der Waals surface area contributed by atoms with E-state index in [1.807, 2.05) is 0 Å². The van der Waals surface area contributed by atoms with E-state index in [9.17, 15) is 0 Å². The molecule has 2 aliphatic heterocycles. The van der Waals surface area contributed by atoms with Crippen LogP contribution in [0.5, 0.6) is 0 Å². The Kier molecular flexibility index (Phi) is 3.42. The van der Waals surface area contributed by atoms with E-state index in [2.05, 4.69) is 24.1 Å². The van der Waals surface area contributed by atoms with E-state index in [1.54, 1.807) is 0 Å². The van der Waals surface area contributed by atoms with Gasteiger partial charge in [0.25, 0.3) is 0 Å². The van der Waals surface area contributed by atoms with Gasteiger partial charge in [0.15, 0.2) is 0 Å². The van der Waals surface area contributed by atoms with Gasteiger partial charge in [0, 0.05) is 32.2 Å². The van der Waals surface area contributed by atoms with Crippen LogP contribution in [0.15, 0.2) is 0 Å². The monoisotopic (exact) mass is 198 g/mol. The molecule has 3 atom stereocenters. The average Bonchev–Trinajstić information content (AvgIpc) is 2.66. The SMILES string of the molecule is CCC(C)CN1CCOC2CNCC21. The minimum Gasteiger partial charge on any atom is -0.374 e. The summed E-state index contributed by atoms with van der Waals surface area (Å²) < 4.78 is 5.74. The van der Waals surface area contributed by atoms with Crippen molar-refractivity contribution in [1.29, 1.82) is 0 Å². The molecule has 14 heavy (non-hydrogen) atoms. The van der Waals surface area contributed by atoms with Crippen LogP contribution in [0.1, 0.15) is 20.3 Å². The highest BCUT2D eigenvalue weighted by Crippen LogP contribution is 2.19. The molecule has 1 N–H and O–H groups in total. The maximum Gasteiger partial charge on any atom is 0.0867 e. The third kappa shape index (κ3) is 2.10. The van der Waals surface area contributed by atoms with Crippen LogP contribution in [0.2, 0.25) is 0 Å². The number of morpholine rings is 1. The van der Waals surface area contributed by atoms with Crippen LogP contribution in [-0.4, -0.2) is 49.8 Å². The van der Waals surface area contributed by atoms with Gasteiger partial charge in [0.1, 0.15) is 0 Å². The van der Waals surface area contributed by atoms with Crippen molar-refractivity contribution in [1.82, 2.24) is 10.2 Å². The van der Waals surface area contributed by atoms with Crippen LogP contribution in [-0.2, 0) is 4.74 Å². The molecule has 2 aliphatic rings. The highest BCUT2D eigenvalue weighted by molar-refractivity contribution is 4.92. The van der Waals surface area contributed by atoms with Crippen LogP contribution < -0.4 is 5.32 Å². The quantitative estimate of drug-likeness (QED) is 0.722. The second kappa shape index (κ2) is 4.60. The van der Waals surface area contributed by atoms with E-state index >= 15 is 0 Å². The summed E-state index contributed by atoms with van der Waals surface area (Å²) in [5.74, 6) is 0.814. The predicted molar refractivity (Wildman–Crippen MR) is 57.4 cm³/mol. The predicted octanol–water partition coefficient (Wildman–Crippen LogP) is 0.705. The Balaban J connectivity index is 1.90. The third-order valence-electron chi connectivity index (χ3n) is 3.55. The summed E-state index contributed by atoms with van der Waals surface area (Å²) in [7, 11) is 0. The van der Waals surface area contributed by atoms with Crippen LogP contribution >= 0.6 is 0 Å². The molecule has 0 aromatic carbocycles. The minimum absolute atomic E-state index is 0.452. The van der Waals surface area contributed by atoms with E-state index in [0.717, 1.165) is 32.2 Å². The van der Waals surface area contributed by atoms with Crippen molar-refractivity contribution in [2.45, 2.75) is 32.4 Å². The Bertz CT molecular complexity index is 186. The number of hydrogen-bond acceptors (Lipinski definition) is 3. The molecule has 2 heterocycles. The number of hydrogen-bond donors (Lipinski definition) is 1. The van der Waals surface area contributed by atoms with E-state index in [0.29, 0.717) is 12.1 Å². The first kappa shape index (κ1) is 10.4. The number of nitrogens with zero attached hydrogens (tertiary/aromatic N) is 1. The fourth-order valence-electron chi connectivity index (χ4n) is 2.42. The second-order valence-electron chi connectivity index (χ2n) is 4.64. The van der Waals surface area contributed by atoms with Gasteiger partial charge in [-0.1, -0.05) is 20.3 Å². The van der Waals surface area contributed by atoms with Gasteiger partial charge in [-0.25, -0.2) is 0 Å². The molecule has 3 heteroatoms. The minimum atomic E-state index is 0.452. The molecule has 0 saturated carbocycles. The number of fused-ring (bicyclic) bond motifs is 1. The van der Waals surface area contributed by atoms with Gasteiger partial charge in [-0.15, -0.1) is 0 Å². The molecular formula is C11H22N2O. The summed E-state index contributed by atoms with van der Waals surface area (Å²) in [6.45, 7) is 10.0. The van der Waals surface area contributed by atoms with E-state index in [-0.39, 0.29) is 0 Å². The summed E-state index contributed by atoms with van der Waals surface area (Å²) in [6, 6.07) is 0.637. The number of rotatable bonds is 3. The normalized spacial score (nSPS) is 35.6. The highest BCUT2D eigenvalue weighted by atomic mass is 16.5. The lowest BCUT2D eigenvalue weighted by Gasteiger charge is -2.38. The molecular weight excluding hydrogens is 176 g/mol. The van der Waals surface area contributed by atoms with Gasteiger partial charge in [-0.05, 0) is 5.92 Å². The third-order valence-corrected chi connectivity index (χ3v) is 3.55. The Morgan fingerprint density at radius 3 is 3.14 bits per heavy atom. The van der Waals surface area contributed by atoms with Crippen LogP contribution in [0, 0.1) is 5.92 Å². The molecule has 3 nitrogen and oxygen atoms in total. The molecule has 2 saturated heterocycles. The van der Waals surface area contributed by atoms with Crippen molar-refractivity contribution >= 4 is 0 Å². The zero-order valence-electron chi connectivity index (χ0n) is 9.33. The summed E-state index contributed by atoms with van der Waals surface area (Å²) >= 11 is 0. The smallest absolute Gasteiger partial charge is 0.0867 e. The molecule has 82 valence electrons. The molecule has 0 bridgehead atoms. The summed E-state index contributed by atoms with van der Waals surface area (Å²) in [6.07, 6.45) is 1.73. The fourth-order valence-corrected chi connectivity index (χ4v) is 2.42.